The number of thiazole rings is 1. The number of aryl methyl sites for hydroxylation is 2. The van der Waals surface area contributed by atoms with Crippen molar-refractivity contribution in [1.29, 1.82) is 0 Å². The van der Waals surface area contributed by atoms with E-state index in [0.29, 0.717) is 0 Å². The highest BCUT2D eigenvalue weighted by Crippen LogP contribution is 2.26. The lowest BCUT2D eigenvalue weighted by Crippen LogP contribution is -2.20. The van der Waals surface area contributed by atoms with Crippen LogP contribution in [0.15, 0.2) is 24.3 Å². The average molecular weight is 278 g/mol. The summed E-state index contributed by atoms with van der Waals surface area (Å²) in [5.74, 6) is -0.0103. The number of nitrogens with zero attached hydrogens (tertiary/aromatic N) is 1. The molecule has 102 valence electrons. The fourth-order valence-electron chi connectivity index (χ4n) is 2.18. The molecular weight excluding hydrogens is 259 g/mol. The summed E-state index contributed by atoms with van der Waals surface area (Å²) < 4.78 is 13.9. The van der Waals surface area contributed by atoms with Gasteiger partial charge >= 0.3 is 0 Å². The van der Waals surface area contributed by atoms with Crippen molar-refractivity contribution in [3.8, 4) is 0 Å². The van der Waals surface area contributed by atoms with Crippen LogP contribution in [0.1, 0.15) is 27.1 Å². The van der Waals surface area contributed by atoms with Crippen molar-refractivity contribution >= 4 is 11.3 Å². The topological polar surface area (TPSA) is 24.9 Å². The van der Waals surface area contributed by atoms with Crippen molar-refractivity contribution < 1.29 is 4.39 Å². The number of aromatic nitrogens is 1. The second-order valence-electron chi connectivity index (χ2n) is 4.73. The molecule has 0 saturated heterocycles. The van der Waals surface area contributed by atoms with Crippen molar-refractivity contribution in [2.24, 2.45) is 0 Å². The van der Waals surface area contributed by atoms with E-state index in [1.165, 1.54) is 10.9 Å². The second-order valence-corrected chi connectivity index (χ2v) is 6.02. The van der Waals surface area contributed by atoms with Crippen LogP contribution in [0.25, 0.3) is 0 Å². The summed E-state index contributed by atoms with van der Waals surface area (Å²) in [6.45, 7) is 4.84. The molecule has 0 saturated carbocycles. The molecule has 1 atom stereocenters. The van der Waals surface area contributed by atoms with Gasteiger partial charge in [-0.3, -0.25) is 0 Å². The minimum Gasteiger partial charge on any atom is -0.319 e. The lowest BCUT2D eigenvalue weighted by molar-refractivity contribution is 0.555. The lowest BCUT2D eigenvalue weighted by atomic mass is 9.95. The van der Waals surface area contributed by atoms with E-state index in [1.807, 2.05) is 26.1 Å². The first-order valence-corrected chi connectivity index (χ1v) is 7.25. The maximum absolute atomic E-state index is 13.9. The number of hydrogen-bond acceptors (Lipinski definition) is 3. The number of benzene rings is 1. The van der Waals surface area contributed by atoms with Gasteiger partial charge in [-0.25, -0.2) is 9.37 Å². The van der Waals surface area contributed by atoms with Gasteiger partial charge in [0.25, 0.3) is 0 Å². The third kappa shape index (κ3) is 3.39. The minimum absolute atomic E-state index is 0.121. The maximum atomic E-state index is 13.9. The normalized spacial score (nSPS) is 12.6. The van der Waals surface area contributed by atoms with Crippen LogP contribution in [0.2, 0.25) is 0 Å². The van der Waals surface area contributed by atoms with Gasteiger partial charge in [-0.2, -0.15) is 0 Å². The standard InChI is InChI=1S/C15H19FN2S/c1-10-11(2)19-15(18-10)8-12(9-17-3)13-6-4-5-7-14(13)16/h4-7,12,17H,8-9H2,1-3H3. The Hall–Kier alpha value is -1.26. The SMILES string of the molecule is CNCC(Cc1nc(C)c(C)s1)c1ccccc1F. The molecular formula is C15H19FN2S. The van der Waals surface area contributed by atoms with E-state index in [2.05, 4.69) is 17.2 Å². The molecule has 1 heterocycles. The molecule has 0 radical (unpaired) electrons. The molecule has 0 aliphatic rings. The molecule has 1 aromatic heterocycles. The van der Waals surface area contributed by atoms with Crippen LogP contribution in [0.3, 0.4) is 0 Å². The molecule has 2 aromatic rings. The van der Waals surface area contributed by atoms with Crippen LogP contribution in [-0.4, -0.2) is 18.6 Å². The van der Waals surface area contributed by atoms with E-state index in [1.54, 1.807) is 17.4 Å². The van der Waals surface area contributed by atoms with Gasteiger partial charge in [-0.1, -0.05) is 18.2 Å². The molecule has 1 N–H and O–H groups in total. The lowest BCUT2D eigenvalue weighted by Gasteiger charge is -2.16. The fraction of sp³-hybridized carbons (Fsp3) is 0.400. The van der Waals surface area contributed by atoms with Gasteiger partial charge in [0.15, 0.2) is 0 Å². The van der Waals surface area contributed by atoms with E-state index in [4.69, 9.17) is 0 Å². The molecule has 4 heteroatoms. The minimum atomic E-state index is -0.132. The Bertz CT molecular complexity index is 531. The Balaban J connectivity index is 2.23. The summed E-state index contributed by atoms with van der Waals surface area (Å²) in [6.07, 6.45) is 0.779. The number of rotatable bonds is 5. The van der Waals surface area contributed by atoms with E-state index in [-0.39, 0.29) is 11.7 Å². The molecule has 0 bridgehead atoms. The zero-order chi connectivity index (χ0) is 13.8. The molecule has 0 fully saturated rings. The van der Waals surface area contributed by atoms with Gasteiger partial charge in [-0.05, 0) is 32.5 Å². The highest BCUT2D eigenvalue weighted by atomic mass is 32.1. The first-order chi connectivity index (χ1) is 9.11. The van der Waals surface area contributed by atoms with Gasteiger partial charge in [0.05, 0.1) is 10.7 Å². The van der Waals surface area contributed by atoms with E-state index in [9.17, 15) is 4.39 Å². The Morgan fingerprint density at radius 3 is 2.63 bits per heavy atom. The zero-order valence-electron chi connectivity index (χ0n) is 11.5. The van der Waals surface area contributed by atoms with Crippen LogP contribution >= 0.6 is 11.3 Å². The summed E-state index contributed by atoms with van der Waals surface area (Å²) in [6, 6.07) is 7.01. The molecule has 1 unspecified atom stereocenters. The van der Waals surface area contributed by atoms with Crippen LogP contribution in [0.5, 0.6) is 0 Å². The molecule has 2 nitrogen and oxygen atoms in total. The highest BCUT2D eigenvalue weighted by Gasteiger charge is 2.17. The van der Waals surface area contributed by atoms with Crippen LogP contribution in [-0.2, 0) is 6.42 Å². The second kappa shape index (κ2) is 6.26. The van der Waals surface area contributed by atoms with Gasteiger partial charge in [-0.15, -0.1) is 11.3 Å². The summed E-state index contributed by atoms with van der Waals surface area (Å²) in [7, 11) is 1.90. The summed E-state index contributed by atoms with van der Waals surface area (Å²) in [5.41, 5.74) is 1.85. The quantitative estimate of drug-likeness (QED) is 0.906. The maximum Gasteiger partial charge on any atom is 0.126 e. The van der Waals surface area contributed by atoms with Crippen LogP contribution in [0, 0.1) is 19.7 Å². The number of likely N-dealkylation sites (N-methyl/N-ethyl adjacent to an activating group) is 1. The molecule has 0 spiro atoms. The van der Waals surface area contributed by atoms with Gasteiger partial charge in [0.1, 0.15) is 5.82 Å². The Kier molecular flexibility index (Phi) is 4.66. The van der Waals surface area contributed by atoms with E-state index >= 15 is 0 Å². The molecule has 19 heavy (non-hydrogen) atoms. The monoisotopic (exact) mass is 278 g/mol. The van der Waals surface area contributed by atoms with Crippen molar-refractivity contribution in [2.75, 3.05) is 13.6 Å². The van der Waals surface area contributed by atoms with Crippen LogP contribution in [0.4, 0.5) is 4.39 Å². The predicted molar refractivity (Wildman–Crippen MR) is 78.4 cm³/mol. The Morgan fingerprint density at radius 2 is 2.05 bits per heavy atom. The predicted octanol–water partition coefficient (Wildman–Crippen LogP) is 3.44. The van der Waals surface area contributed by atoms with Crippen molar-refractivity contribution in [3.63, 3.8) is 0 Å². The number of nitrogens with one attached hydrogen (secondary N) is 1. The first-order valence-electron chi connectivity index (χ1n) is 6.43. The van der Waals surface area contributed by atoms with Crippen molar-refractivity contribution in [2.45, 2.75) is 26.2 Å². The largest absolute Gasteiger partial charge is 0.319 e. The summed E-state index contributed by atoms with van der Waals surface area (Å²) in [4.78, 5) is 5.80. The first kappa shape index (κ1) is 14.2. The summed E-state index contributed by atoms with van der Waals surface area (Å²) in [5, 5.41) is 4.23. The van der Waals surface area contributed by atoms with Gasteiger partial charge < -0.3 is 5.32 Å². The molecule has 2 rings (SSSR count). The Morgan fingerprint density at radius 1 is 1.32 bits per heavy atom. The van der Waals surface area contributed by atoms with Crippen molar-refractivity contribution in [3.05, 3.63) is 51.2 Å². The highest BCUT2D eigenvalue weighted by molar-refractivity contribution is 7.11. The third-order valence-corrected chi connectivity index (χ3v) is 4.38. The smallest absolute Gasteiger partial charge is 0.126 e. The molecule has 1 aromatic carbocycles. The Labute approximate surface area is 117 Å². The summed E-state index contributed by atoms with van der Waals surface area (Å²) >= 11 is 1.71. The van der Waals surface area contributed by atoms with Crippen LogP contribution < -0.4 is 5.32 Å². The number of hydrogen-bond donors (Lipinski definition) is 1. The number of halogens is 1. The van der Waals surface area contributed by atoms with Crippen molar-refractivity contribution in [1.82, 2.24) is 10.3 Å². The molecule has 0 aliphatic carbocycles. The van der Waals surface area contributed by atoms with Gasteiger partial charge in [0, 0.05) is 23.8 Å². The average Bonchev–Trinajstić information content (AvgIpc) is 2.68. The van der Waals surface area contributed by atoms with E-state index < -0.39 is 0 Å². The zero-order valence-corrected chi connectivity index (χ0v) is 12.4. The van der Waals surface area contributed by atoms with E-state index in [0.717, 1.165) is 29.2 Å². The van der Waals surface area contributed by atoms with Gasteiger partial charge in [0.2, 0.25) is 0 Å². The third-order valence-electron chi connectivity index (χ3n) is 3.29. The molecule has 0 aliphatic heterocycles. The molecule has 0 amide bonds. The fourth-order valence-corrected chi connectivity index (χ4v) is 3.20.